The summed E-state index contributed by atoms with van der Waals surface area (Å²) in [6, 6.07) is 6.46. The third-order valence-corrected chi connectivity index (χ3v) is 4.38. The number of rotatable bonds is 6. The molecule has 0 amide bonds. The fourth-order valence-electron chi connectivity index (χ4n) is 3.31. The zero-order valence-corrected chi connectivity index (χ0v) is 13.9. The van der Waals surface area contributed by atoms with Gasteiger partial charge in [0.15, 0.2) is 0 Å². The van der Waals surface area contributed by atoms with Crippen molar-refractivity contribution >= 4 is 0 Å². The normalized spacial score (nSPS) is 18.5. The summed E-state index contributed by atoms with van der Waals surface area (Å²) in [5.74, 6) is 1.84. The number of likely N-dealkylation sites (tertiary alicyclic amines) is 1. The lowest BCUT2D eigenvalue weighted by atomic mass is 10.1. The minimum absolute atomic E-state index is 0.00395. The Morgan fingerprint density at radius 2 is 2.30 bits per heavy atom. The number of aryl methyl sites for hydroxylation is 1. The highest BCUT2D eigenvalue weighted by atomic mass is 16.5. The molecule has 0 spiro atoms. The molecule has 2 aromatic rings. The first kappa shape index (κ1) is 16.0. The molecule has 0 bridgehead atoms. The second-order valence-corrected chi connectivity index (χ2v) is 6.11. The van der Waals surface area contributed by atoms with Crippen molar-refractivity contribution in [3.63, 3.8) is 0 Å². The smallest absolute Gasteiger partial charge is 0.124 e. The number of nitrogens with zero attached hydrogens (tertiary/aromatic N) is 2. The molecule has 1 saturated heterocycles. The van der Waals surface area contributed by atoms with Crippen LogP contribution in [-0.2, 0) is 13.2 Å². The van der Waals surface area contributed by atoms with E-state index in [-0.39, 0.29) is 6.61 Å². The van der Waals surface area contributed by atoms with Crippen molar-refractivity contribution < 1.29 is 9.84 Å². The third-order valence-electron chi connectivity index (χ3n) is 4.38. The Labute approximate surface area is 137 Å². The SMILES string of the molecule is CCOc1ccc(CN2CCCC2c2ncc(C)[nH]2)cc1CO. The summed E-state index contributed by atoms with van der Waals surface area (Å²) in [7, 11) is 0. The minimum atomic E-state index is 0.00395. The largest absolute Gasteiger partial charge is 0.494 e. The van der Waals surface area contributed by atoms with E-state index in [4.69, 9.17) is 4.74 Å². The quantitative estimate of drug-likeness (QED) is 0.860. The first-order valence-electron chi connectivity index (χ1n) is 8.32. The van der Waals surface area contributed by atoms with Gasteiger partial charge in [-0.15, -0.1) is 0 Å². The van der Waals surface area contributed by atoms with E-state index in [2.05, 4.69) is 20.9 Å². The lowest BCUT2D eigenvalue weighted by Crippen LogP contribution is -2.23. The van der Waals surface area contributed by atoms with Crippen LogP contribution in [0.2, 0.25) is 0 Å². The molecule has 0 radical (unpaired) electrons. The van der Waals surface area contributed by atoms with Crippen molar-refractivity contribution in [3.05, 3.63) is 47.0 Å². The summed E-state index contributed by atoms with van der Waals surface area (Å²) in [5.41, 5.74) is 3.16. The van der Waals surface area contributed by atoms with Crippen LogP contribution in [0.1, 0.15) is 48.5 Å². The van der Waals surface area contributed by atoms with Crippen molar-refractivity contribution in [2.24, 2.45) is 0 Å². The average molecular weight is 315 g/mol. The number of aliphatic hydroxyl groups is 1. The van der Waals surface area contributed by atoms with Crippen LogP contribution in [0.4, 0.5) is 0 Å². The predicted molar refractivity (Wildman–Crippen MR) is 89.2 cm³/mol. The predicted octanol–water partition coefficient (Wildman–Crippen LogP) is 2.95. The number of aliphatic hydroxyl groups excluding tert-OH is 1. The zero-order chi connectivity index (χ0) is 16.2. The van der Waals surface area contributed by atoms with Gasteiger partial charge < -0.3 is 14.8 Å². The van der Waals surface area contributed by atoms with E-state index in [0.717, 1.165) is 42.3 Å². The van der Waals surface area contributed by atoms with E-state index < -0.39 is 0 Å². The molecule has 1 atom stereocenters. The molecule has 1 aromatic carbocycles. The number of ether oxygens (including phenoxy) is 1. The van der Waals surface area contributed by atoms with Gasteiger partial charge in [-0.25, -0.2) is 4.98 Å². The van der Waals surface area contributed by atoms with Crippen LogP contribution < -0.4 is 4.74 Å². The monoisotopic (exact) mass is 315 g/mol. The number of hydrogen-bond acceptors (Lipinski definition) is 4. The molecule has 5 heteroatoms. The number of nitrogens with one attached hydrogen (secondary N) is 1. The number of H-pyrrole nitrogens is 1. The highest BCUT2D eigenvalue weighted by molar-refractivity contribution is 5.37. The molecular weight excluding hydrogens is 290 g/mol. The fourth-order valence-corrected chi connectivity index (χ4v) is 3.31. The lowest BCUT2D eigenvalue weighted by Gasteiger charge is -2.23. The summed E-state index contributed by atoms with van der Waals surface area (Å²) < 4.78 is 5.56. The Morgan fingerprint density at radius 1 is 1.43 bits per heavy atom. The highest BCUT2D eigenvalue weighted by Crippen LogP contribution is 2.32. The maximum atomic E-state index is 9.55. The van der Waals surface area contributed by atoms with Crippen LogP contribution in [-0.4, -0.2) is 33.1 Å². The maximum Gasteiger partial charge on any atom is 0.124 e. The molecule has 1 unspecified atom stereocenters. The summed E-state index contributed by atoms with van der Waals surface area (Å²) in [6.45, 7) is 6.54. The summed E-state index contributed by atoms with van der Waals surface area (Å²) in [5, 5.41) is 9.55. The van der Waals surface area contributed by atoms with Crippen LogP contribution in [0.25, 0.3) is 0 Å². The highest BCUT2D eigenvalue weighted by Gasteiger charge is 2.28. The Hall–Kier alpha value is -1.85. The van der Waals surface area contributed by atoms with E-state index >= 15 is 0 Å². The summed E-state index contributed by atoms with van der Waals surface area (Å²) in [4.78, 5) is 10.3. The molecule has 1 aliphatic heterocycles. The van der Waals surface area contributed by atoms with Crippen molar-refractivity contribution in [2.45, 2.75) is 45.9 Å². The van der Waals surface area contributed by atoms with Gasteiger partial charge in [-0.1, -0.05) is 6.07 Å². The molecule has 2 heterocycles. The van der Waals surface area contributed by atoms with Gasteiger partial charge in [0, 0.05) is 24.0 Å². The number of benzene rings is 1. The van der Waals surface area contributed by atoms with Crippen molar-refractivity contribution in [2.75, 3.05) is 13.2 Å². The van der Waals surface area contributed by atoms with Crippen LogP contribution in [0.15, 0.2) is 24.4 Å². The van der Waals surface area contributed by atoms with Crippen molar-refractivity contribution in [1.29, 1.82) is 0 Å². The fraction of sp³-hybridized carbons (Fsp3) is 0.500. The topological polar surface area (TPSA) is 61.4 Å². The molecule has 0 aliphatic carbocycles. The van der Waals surface area contributed by atoms with Crippen LogP contribution in [0.3, 0.4) is 0 Å². The Kier molecular flexibility index (Phi) is 4.98. The van der Waals surface area contributed by atoms with Gasteiger partial charge in [0.05, 0.1) is 19.3 Å². The van der Waals surface area contributed by atoms with E-state index in [0.29, 0.717) is 12.6 Å². The zero-order valence-electron chi connectivity index (χ0n) is 13.9. The standard InChI is InChI=1S/C18H25N3O2/c1-3-23-17-7-6-14(9-15(17)12-22)11-21-8-4-5-16(21)18-19-10-13(2)20-18/h6-7,9-10,16,22H,3-5,8,11-12H2,1-2H3,(H,19,20). The van der Waals surface area contributed by atoms with Crippen LogP contribution in [0.5, 0.6) is 5.75 Å². The second kappa shape index (κ2) is 7.15. The second-order valence-electron chi connectivity index (χ2n) is 6.11. The number of aromatic amines is 1. The average Bonchev–Trinajstić information content (AvgIpc) is 3.17. The van der Waals surface area contributed by atoms with Gasteiger partial charge in [0.1, 0.15) is 11.6 Å². The first-order chi connectivity index (χ1) is 11.2. The Balaban J connectivity index is 1.75. The molecule has 2 N–H and O–H groups in total. The minimum Gasteiger partial charge on any atom is -0.494 e. The lowest BCUT2D eigenvalue weighted by molar-refractivity contribution is 0.239. The molecule has 5 nitrogen and oxygen atoms in total. The first-order valence-corrected chi connectivity index (χ1v) is 8.32. The summed E-state index contributed by atoms with van der Waals surface area (Å²) in [6.07, 6.45) is 4.22. The van der Waals surface area contributed by atoms with Gasteiger partial charge in [0.2, 0.25) is 0 Å². The molecule has 23 heavy (non-hydrogen) atoms. The van der Waals surface area contributed by atoms with Gasteiger partial charge in [0.25, 0.3) is 0 Å². The van der Waals surface area contributed by atoms with E-state index in [9.17, 15) is 5.11 Å². The molecule has 0 saturated carbocycles. The van der Waals surface area contributed by atoms with Crippen molar-refractivity contribution in [3.8, 4) is 5.75 Å². The van der Waals surface area contributed by atoms with Gasteiger partial charge in [-0.2, -0.15) is 0 Å². The number of imidazole rings is 1. The summed E-state index contributed by atoms with van der Waals surface area (Å²) >= 11 is 0. The Bertz CT molecular complexity index is 653. The number of aromatic nitrogens is 2. The molecule has 1 aromatic heterocycles. The molecular formula is C18H25N3O2. The van der Waals surface area contributed by atoms with Crippen molar-refractivity contribution in [1.82, 2.24) is 14.9 Å². The van der Waals surface area contributed by atoms with Gasteiger partial charge in [-0.3, -0.25) is 4.90 Å². The maximum absolute atomic E-state index is 9.55. The molecule has 124 valence electrons. The van der Waals surface area contributed by atoms with E-state index in [1.807, 2.05) is 32.2 Å². The van der Waals surface area contributed by atoms with Gasteiger partial charge >= 0.3 is 0 Å². The molecule has 3 rings (SSSR count). The molecule has 1 aliphatic rings. The Morgan fingerprint density at radius 3 is 3.00 bits per heavy atom. The van der Waals surface area contributed by atoms with Crippen LogP contribution in [0, 0.1) is 6.92 Å². The number of hydrogen-bond donors (Lipinski definition) is 2. The molecule has 1 fully saturated rings. The van der Waals surface area contributed by atoms with E-state index in [1.165, 1.54) is 12.0 Å². The van der Waals surface area contributed by atoms with Gasteiger partial charge in [-0.05, 0) is 50.9 Å². The van der Waals surface area contributed by atoms with Crippen LogP contribution >= 0.6 is 0 Å². The third kappa shape index (κ3) is 3.57. The van der Waals surface area contributed by atoms with E-state index in [1.54, 1.807) is 0 Å².